The van der Waals surface area contributed by atoms with Crippen LogP contribution in [0.2, 0.25) is 0 Å². The number of amides is 2. The van der Waals surface area contributed by atoms with Gasteiger partial charge in [-0.25, -0.2) is 4.90 Å². The van der Waals surface area contributed by atoms with Crippen molar-refractivity contribution in [1.29, 1.82) is 0 Å². The third kappa shape index (κ3) is 1.64. The Bertz CT molecular complexity index is 901. The minimum Gasteiger partial charge on any atom is -0.299 e. The minimum atomic E-state index is -0.454. The maximum absolute atomic E-state index is 13.1. The summed E-state index contributed by atoms with van der Waals surface area (Å²) in [4.78, 5) is 44.0. The summed E-state index contributed by atoms with van der Waals surface area (Å²) in [7, 11) is 0. The number of Topliss-reactive ketones (excluding diaryl/α,β-unsaturated/α-hetero) is 1. The van der Waals surface area contributed by atoms with E-state index in [0.717, 1.165) is 23.7 Å². The molecule has 0 N–H and O–H groups in total. The summed E-state index contributed by atoms with van der Waals surface area (Å²) in [5, 5.41) is 0.791. The van der Waals surface area contributed by atoms with Crippen LogP contribution < -0.4 is 4.90 Å². The molecule has 0 radical (unpaired) electrons. The molecule has 1 aromatic heterocycles. The number of aromatic nitrogens is 1. The first-order valence-corrected chi connectivity index (χ1v) is 8.41. The van der Waals surface area contributed by atoms with E-state index in [1.54, 1.807) is 18.3 Å². The number of benzene rings is 1. The second-order valence-electron chi connectivity index (χ2n) is 7.03. The number of nitrogens with zero attached hydrogens (tertiary/aromatic N) is 2. The summed E-state index contributed by atoms with van der Waals surface area (Å²) < 4.78 is 0. The SMILES string of the molecule is O=C1C[C@@H]2CC[C@H]1[C@@H]1C(=O)N(c3cccc4ncccc34)C(=O)[C@H]21. The van der Waals surface area contributed by atoms with Gasteiger partial charge in [0.25, 0.3) is 0 Å². The molecule has 0 unspecified atom stereocenters. The van der Waals surface area contributed by atoms with Gasteiger partial charge >= 0.3 is 0 Å². The average molecular weight is 320 g/mol. The molecule has 120 valence electrons. The van der Waals surface area contributed by atoms with Crippen molar-refractivity contribution < 1.29 is 14.4 Å². The third-order valence-electron chi connectivity index (χ3n) is 5.93. The van der Waals surface area contributed by atoms with Crippen molar-refractivity contribution in [2.45, 2.75) is 19.3 Å². The lowest BCUT2D eigenvalue weighted by atomic mass is 9.59. The number of rotatable bonds is 1. The van der Waals surface area contributed by atoms with Gasteiger partial charge in [-0.1, -0.05) is 6.07 Å². The van der Waals surface area contributed by atoms with Gasteiger partial charge in [0.2, 0.25) is 11.8 Å². The van der Waals surface area contributed by atoms with Gasteiger partial charge in [0.1, 0.15) is 5.78 Å². The molecule has 3 aliphatic carbocycles. The fraction of sp³-hybridized carbons (Fsp3) is 0.368. The maximum Gasteiger partial charge on any atom is 0.238 e. The van der Waals surface area contributed by atoms with Crippen molar-refractivity contribution in [3.8, 4) is 0 Å². The van der Waals surface area contributed by atoms with Gasteiger partial charge in [0.05, 0.1) is 23.0 Å². The van der Waals surface area contributed by atoms with Gasteiger partial charge < -0.3 is 0 Å². The van der Waals surface area contributed by atoms with Crippen molar-refractivity contribution >= 4 is 34.2 Å². The van der Waals surface area contributed by atoms with Crippen molar-refractivity contribution in [2.75, 3.05) is 4.90 Å². The molecule has 6 rings (SSSR count). The van der Waals surface area contributed by atoms with Crippen LogP contribution in [0.15, 0.2) is 36.5 Å². The van der Waals surface area contributed by atoms with Gasteiger partial charge in [-0.15, -0.1) is 0 Å². The van der Waals surface area contributed by atoms with E-state index in [-0.39, 0.29) is 35.4 Å². The van der Waals surface area contributed by atoms with Gasteiger partial charge in [0, 0.05) is 23.9 Å². The lowest BCUT2D eigenvalue weighted by Gasteiger charge is -2.41. The Morgan fingerprint density at radius 1 is 0.958 bits per heavy atom. The first-order chi connectivity index (χ1) is 11.7. The maximum atomic E-state index is 13.1. The molecule has 0 spiro atoms. The molecule has 2 heterocycles. The van der Waals surface area contributed by atoms with Crippen LogP contribution >= 0.6 is 0 Å². The first kappa shape index (κ1) is 13.8. The van der Waals surface area contributed by atoms with E-state index in [4.69, 9.17) is 0 Å². The molecule has 4 atom stereocenters. The second-order valence-corrected chi connectivity index (χ2v) is 7.03. The van der Waals surface area contributed by atoms with E-state index in [0.29, 0.717) is 12.1 Å². The Labute approximate surface area is 138 Å². The fourth-order valence-electron chi connectivity index (χ4n) is 4.90. The normalized spacial score (nSPS) is 31.8. The van der Waals surface area contributed by atoms with E-state index in [9.17, 15) is 14.4 Å². The average Bonchev–Trinajstić information content (AvgIpc) is 2.88. The minimum absolute atomic E-state index is 0.0297. The zero-order valence-corrected chi connectivity index (χ0v) is 13.0. The number of pyridine rings is 1. The molecule has 5 nitrogen and oxygen atoms in total. The summed E-state index contributed by atoms with van der Waals surface area (Å²) in [6.45, 7) is 0. The lowest BCUT2D eigenvalue weighted by Crippen LogP contribution is -2.46. The summed E-state index contributed by atoms with van der Waals surface area (Å²) in [6, 6.07) is 9.15. The van der Waals surface area contributed by atoms with Crippen LogP contribution in [-0.2, 0) is 14.4 Å². The lowest BCUT2D eigenvalue weighted by molar-refractivity contribution is -0.143. The molecular weight excluding hydrogens is 304 g/mol. The number of imide groups is 1. The Balaban J connectivity index is 1.66. The molecule has 5 heteroatoms. The largest absolute Gasteiger partial charge is 0.299 e. The molecule has 24 heavy (non-hydrogen) atoms. The summed E-state index contributed by atoms with van der Waals surface area (Å²) >= 11 is 0. The molecule has 2 bridgehead atoms. The zero-order chi connectivity index (χ0) is 16.4. The molecule has 4 fully saturated rings. The summed E-state index contributed by atoms with van der Waals surface area (Å²) in [6.07, 6.45) is 3.77. The Kier molecular flexibility index (Phi) is 2.72. The van der Waals surface area contributed by atoms with Crippen molar-refractivity contribution in [3.05, 3.63) is 36.5 Å². The predicted octanol–water partition coefficient (Wildman–Crippen LogP) is 2.34. The summed E-state index contributed by atoms with van der Waals surface area (Å²) in [5.74, 6) is -1.19. The van der Waals surface area contributed by atoms with Crippen LogP contribution in [-0.4, -0.2) is 22.6 Å². The van der Waals surface area contributed by atoms with E-state index in [1.807, 2.05) is 18.2 Å². The monoisotopic (exact) mass is 320 g/mol. The van der Waals surface area contributed by atoms with Crippen LogP contribution in [0, 0.1) is 23.7 Å². The third-order valence-corrected chi connectivity index (χ3v) is 5.93. The zero-order valence-electron chi connectivity index (χ0n) is 13.0. The number of hydrogen-bond acceptors (Lipinski definition) is 4. The number of anilines is 1. The topological polar surface area (TPSA) is 67.3 Å². The summed E-state index contributed by atoms with van der Waals surface area (Å²) in [5.41, 5.74) is 1.35. The molecule has 1 aromatic carbocycles. The van der Waals surface area contributed by atoms with Crippen LogP contribution in [0.25, 0.3) is 10.9 Å². The van der Waals surface area contributed by atoms with Crippen LogP contribution in [0.1, 0.15) is 19.3 Å². The highest BCUT2D eigenvalue weighted by Crippen LogP contribution is 2.52. The molecule has 1 saturated heterocycles. The van der Waals surface area contributed by atoms with E-state index >= 15 is 0 Å². The Morgan fingerprint density at radius 2 is 1.79 bits per heavy atom. The molecule has 2 amide bonds. The van der Waals surface area contributed by atoms with Gasteiger partial charge in [-0.3, -0.25) is 19.4 Å². The van der Waals surface area contributed by atoms with Gasteiger partial charge in [0.15, 0.2) is 0 Å². The molecule has 1 aliphatic heterocycles. The highest BCUT2D eigenvalue weighted by Gasteiger charge is 2.61. The number of ketones is 1. The fourth-order valence-corrected chi connectivity index (χ4v) is 4.90. The first-order valence-electron chi connectivity index (χ1n) is 8.41. The number of fused-ring (bicyclic) bond motifs is 3. The van der Waals surface area contributed by atoms with Crippen molar-refractivity contribution in [2.24, 2.45) is 23.7 Å². The van der Waals surface area contributed by atoms with E-state index in [1.165, 1.54) is 4.90 Å². The second kappa shape index (κ2) is 4.72. The number of carbonyl (C=O) groups is 3. The Hall–Kier alpha value is -2.56. The van der Waals surface area contributed by atoms with E-state index < -0.39 is 5.92 Å². The highest BCUT2D eigenvalue weighted by molar-refractivity contribution is 6.26. The van der Waals surface area contributed by atoms with Crippen LogP contribution in [0.3, 0.4) is 0 Å². The van der Waals surface area contributed by atoms with Crippen molar-refractivity contribution in [3.63, 3.8) is 0 Å². The number of carbonyl (C=O) groups excluding carboxylic acids is 3. The highest BCUT2D eigenvalue weighted by atomic mass is 16.2. The molecule has 4 aliphatic rings. The Morgan fingerprint density at radius 3 is 2.62 bits per heavy atom. The van der Waals surface area contributed by atoms with Gasteiger partial charge in [-0.05, 0) is 43.0 Å². The smallest absolute Gasteiger partial charge is 0.238 e. The van der Waals surface area contributed by atoms with E-state index in [2.05, 4.69) is 4.98 Å². The van der Waals surface area contributed by atoms with Crippen LogP contribution in [0.5, 0.6) is 0 Å². The molecule has 2 aromatic rings. The quantitative estimate of drug-likeness (QED) is 0.756. The standard InChI is InChI=1S/C19H16N2O3/c22-15-9-10-6-7-12(15)17-16(10)18(23)21(19(17)24)14-5-1-4-13-11(14)3-2-8-20-13/h1-5,8,10,12,16-17H,6-7,9H2/t10-,12+,16+,17-/m0/s1. The van der Waals surface area contributed by atoms with Crippen LogP contribution in [0.4, 0.5) is 5.69 Å². The molecule has 3 saturated carbocycles. The van der Waals surface area contributed by atoms with Gasteiger partial charge in [-0.2, -0.15) is 0 Å². The number of hydrogen-bond donors (Lipinski definition) is 0. The molecular formula is C19H16N2O3. The predicted molar refractivity (Wildman–Crippen MR) is 87.1 cm³/mol. The van der Waals surface area contributed by atoms with Crippen molar-refractivity contribution in [1.82, 2.24) is 4.98 Å².